The third-order valence-electron chi connectivity index (χ3n) is 3.70. The maximum atomic E-state index is 11.1. The number of nitriles is 1. The van der Waals surface area contributed by atoms with E-state index in [0.717, 1.165) is 25.8 Å². The van der Waals surface area contributed by atoms with Crippen LogP contribution in [0.1, 0.15) is 25.3 Å². The Hall–Kier alpha value is -2.09. The molecular formula is C14H18N4O. The lowest BCUT2D eigenvalue weighted by Crippen LogP contribution is -2.47. The molecule has 1 aliphatic rings. The van der Waals surface area contributed by atoms with Gasteiger partial charge >= 0.3 is 0 Å². The Bertz CT molecular complexity index is 483. The number of carbonyl (C=O) groups is 1. The second-order valence-corrected chi connectivity index (χ2v) is 4.92. The number of nitrogens with zero attached hydrogens (tertiary/aromatic N) is 3. The van der Waals surface area contributed by atoms with E-state index < -0.39 is 0 Å². The third-order valence-corrected chi connectivity index (χ3v) is 3.70. The number of amides is 1. The molecule has 0 radical (unpaired) electrons. The summed E-state index contributed by atoms with van der Waals surface area (Å²) >= 11 is 0. The summed E-state index contributed by atoms with van der Waals surface area (Å²) in [6, 6.07) is 5.75. The van der Waals surface area contributed by atoms with E-state index in [0.29, 0.717) is 23.8 Å². The van der Waals surface area contributed by atoms with Gasteiger partial charge in [0, 0.05) is 19.3 Å². The second kappa shape index (κ2) is 6.19. The van der Waals surface area contributed by atoms with Crippen LogP contribution in [0.5, 0.6) is 0 Å². The monoisotopic (exact) mass is 258 g/mol. The molecule has 2 unspecified atom stereocenters. The highest BCUT2D eigenvalue weighted by Gasteiger charge is 2.27. The van der Waals surface area contributed by atoms with Crippen molar-refractivity contribution in [1.29, 1.82) is 5.26 Å². The number of anilines is 1. The van der Waals surface area contributed by atoms with Gasteiger partial charge < -0.3 is 10.2 Å². The van der Waals surface area contributed by atoms with Gasteiger partial charge in [-0.25, -0.2) is 4.98 Å². The third kappa shape index (κ3) is 3.02. The molecule has 0 aliphatic carbocycles. The van der Waals surface area contributed by atoms with E-state index in [1.165, 1.54) is 0 Å². The number of pyridine rings is 1. The number of carbonyl (C=O) groups excluding carboxylic acids is 1. The van der Waals surface area contributed by atoms with Crippen LogP contribution in [0.2, 0.25) is 0 Å². The van der Waals surface area contributed by atoms with Crippen molar-refractivity contribution in [2.24, 2.45) is 5.92 Å². The van der Waals surface area contributed by atoms with Crippen molar-refractivity contribution >= 4 is 12.2 Å². The molecule has 5 heteroatoms. The number of likely N-dealkylation sites (tertiary alicyclic amines) is 1. The molecule has 19 heavy (non-hydrogen) atoms. The Kier molecular flexibility index (Phi) is 4.35. The molecule has 2 heterocycles. The molecule has 0 bridgehead atoms. The first-order valence-corrected chi connectivity index (χ1v) is 6.56. The van der Waals surface area contributed by atoms with Gasteiger partial charge in [-0.05, 0) is 30.9 Å². The maximum absolute atomic E-state index is 11.1. The van der Waals surface area contributed by atoms with Crippen LogP contribution in [0.4, 0.5) is 5.82 Å². The van der Waals surface area contributed by atoms with Gasteiger partial charge in [0.05, 0.1) is 11.6 Å². The lowest BCUT2D eigenvalue weighted by molar-refractivity contribution is -0.122. The van der Waals surface area contributed by atoms with Crippen LogP contribution < -0.4 is 5.32 Å². The molecule has 1 amide bonds. The SMILES string of the molecule is CC1CCCN(C=O)C1CNc1ncccc1C#N. The van der Waals surface area contributed by atoms with Crippen LogP contribution in [-0.2, 0) is 4.79 Å². The average Bonchev–Trinajstić information content (AvgIpc) is 2.46. The number of rotatable bonds is 4. The normalized spacial score (nSPS) is 22.6. The largest absolute Gasteiger partial charge is 0.367 e. The molecule has 2 rings (SSSR count). The Morgan fingerprint density at radius 2 is 2.53 bits per heavy atom. The molecule has 1 fully saturated rings. The minimum atomic E-state index is 0.166. The lowest BCUT2D eigenvalue weighted by Gasteiger charge is -2.37. The quantitative estimate of drug-likeness (QED) is 0.833. The van der Waals surface area contributed by atoms with Crippen molar-refractivity contribution in [1.82, 2.24) is 9.88 Å². The van der Waals surface area contributed by atoms with Gasteiger partial charge in [0.25, 0.3) is 0 Å². The molecule has 2 atom stereocenters. The summed E-state index contributed by atoms with van der Waals surface area (Å²) in [4.78, 5) is 17.1. The fraction of sp³-hybridized carbons (Fsp3) is 0.500. The summed E-state index contributed by atoms with van der Waals surface area (Å²) in [5, 5.41) is 12.2. The molecule has 1 N–H and O–H groups in total. The molecule has 100 valence electrons. The first-order valence-electron chi connectivity index (χ1n) is 6.56. The minimum Gasteiger partial charge on any atom is -0.367 e. The van der Waals surface area contributed by atoms with Gasteiger partial charge in [0.1, 0.15) is 11.9 Å². The highest BCUT2D eigenvalue weighted by atomic mass is 16.1. The predicted molar refractivity (Wildman–Crippen MR) is 72.4 cm³/mol. The van der Waals surface area contributed by atoms with Crippen molar-refractivity contribution in [2.75, 3.05) is 18.4 Å². The minimum absolute atomic E-state index is 0.166. The fourth-order valence-electron chi connectivity index (χ4n) is 2.57. The van der Waals surface area contributed by atoms with Gasteiger partial charge in [-0.1, -0.05) is 6.92 Å². The van der Waals surface area contributed by atoms with E-state index in [1.54, 1.807) is 18.3 Å². The first kappa shape index (κ1) is 13.3. The summed E-state index contributed by atoms with van der Waals surface area (Å²) in [7, 11) is 0. The van der Waals surface area contributed by atoms with E-state index in [4.69, 9.17) is 5.26 Å². The zero-order chi connectivity index (χ0) is 13.7. The molecular weight excluding hydrogens is 240 g/mol. The first-order chi connectivity index (χ1) is 9.26. The van der Waals surface area contributed by atoms with Crippen molar-refractivity contribution in [3.05, 3.63) is 23.9 Å². The second-order valence-electron chi connectivity index (χ2n) is 4.92. The molecule has 0 aromatic carbocycles. The fourth-order valence-corrected chi connectivity index (χ4v) is 2.57. The van der Waals surface area contributed by atoms with Gasteiger partial charge in [-0.15, -0.1) is 0 Å². The van der Waals surface area contributed by atoms with E-state index in [1.807, 2.05) is 4.90 Å². The van der Waals surface area contributed by atoms with Crippen LogP contribution >= 0.6 is 0 Å². The number of piperidine rings is 1. The molecule has 1 aliphatic heterocycles. The number of hydrogen-bond donors (Lipinski definition) is 1. The van der Waals surface area contributed by atoms with E-state index in [9.17, 15) is 4.79 Å². The van der Waals surface area contributed by atoms with Gasteiger partial charge in [-0.3, -0.25) is 4.79 Å². The van der Waals surface area contributed by atoms with Crippen molar-refractivity contribution in [3.8, 4) is 6.07 Å². The van der Waals surface area contributed by atoms with Crippen LogP contribution in [0.15, 0.2) is 18.3 Å². The maximum Gasteiger partial charge on any atom is 0.210 e. The van der Waals surface area contributed by atoms with Gasteiger partial charge in [0.2, 0.25) is 6.41 Å². The van der Waals surface area contributed by atoms with Crippen LogP contribution in [0, 0.1) is 17.2 Å². The van der Waals surface area contributed by atoms with Gasteiger partial charge in [0.15, 0.2) is 0 Å². The Morgan fingerprint density at radius 3 is 3.26 bits per heavy atom. The Labute approximate surface area is 113 Å². The Morgan fingerprint density at radius 1 is 1.68 bits per heavy atom. The van der Waals surface area contributed by atoms with Crippen LogP contribution in [0.3, 0.4) is 0 Å². The van der Waals surface area contributed by atoms with Crippen LogP contribution in [-0.4, -0.2) is 35.4 Å². The summed E-state index contributed by atoms with van der Waals surface area (Å²) < 4.78 is 0. The molecule has 1 saturated heterocycles. The zero-order valence-corrected chi connectivity index (χ0v) is 11.0. The molecule has 1 aromatic heterocycles. The lowest BCUT2D eigenvalue weighted by atomic mass is 9.91. The number of hydrogen-bond acceptors (Lipinski definition) is 4. The molecule has 0 saturated carbocycles. The highest BCUT2D eigenvalue weighted by molar-refractivity contribution is 5.52. The summed E-state index contributed by atoms with van der Waals surface area (Å²) in [5.41, 5.74) is 0.531. The average molecular weight is 258 g/mol. The molecule has 5 nitrogen and oxygen atoms in total. The van der Waals surface area contributed by atoms with Crippen molar-refractivity contribution in [3.63, 3.8) is 0 Å². The smallest absolute Gasteiger partial charge is 0.210 e. The van der Waals surface area contributed by atoms with E-state index >= 15 is 0 Å². The predicted octanol–water partition coefficient (Wildman–Crippen LogP) is 1.62. The van der Waals surface area contributed by atoms with Gasteiger partial charge in [-0.2, -0.15) is 5.26 Å². The summed E-state index contributed by atoms with van der Waals surface area (Å²) in [6.07, 6.45) is 4.77. The molecule has 1 aromatic rings. The number of aromatic nitrogens is 1. The number of nitrogens with one attached hydrogen (secondary N) is 1. The van der Waals surface area contributed by atoms with Crippen molar-refractivity contribution in [2.45, 2.75) is 25.8 Å². The molecule has 0 spiro atoms. The standard InChI is InChI=1S/C14H18N4O/c1-11-4-3-7-18(10-19)13(11)9-17-14-12(8-15)5-2-6-16-14/h2,5-6,10-11,13H,3-4,7,9H2,1H3,(H,16,17). The van der Waals surface area contributed by atoms with E-state index in [-0.39, 0.29) is 6.04 Å². The van der Waals surface area contributed by atoms with Crippen LogP contribution in [0.25, 0.3) is 0 Å². The topological polar surface area (TPSA) is 69.0 Å². The zero-order valence-electron chi connectivity index (χ0n) is 11.0. The highest BCUT2D eigenvalue weighted by Crippen LogP contribution is 2.22. The summed E-state index contributed by atoms with van der Waals surface area (Å²) in [5.74, 6) is 1.05. The Balaban J connectivity index is 2.04. The summed E-state index contributed by atoms with van der Waals surface area (Å²) in [6.45, 7) is 3.60. The van der Waals surface area contributed by atoms with E-state index in [2.05, 4.69) is 23.3 Å². The van der Waals surface area contributed by atoms with Crippen molar-refractivity contribution < 1.29 is 4.79 Å².